The molecule has 0 aromatic heterocycles. The van der Waals surface area contributed by atoms with E-state index in [4.69, 9.17) is 5.26 Å². The molecule has 1 saturated heterocycles. The molecular weight excluding hydrogens is 430 g/mol. The molecule has 1 aromatic rings. The quantitative estimate of drug-likeness (QED) is 0.427. The van der Waals surface area contributed by atoms with Crippen LogP contribution >= 0.6 is 24.0 Å². The highest BCUT2D eigenvalue weighted by atomic mass is 127. The average molecular weight is 456 g/mol. The number of hydrogen-bond acceptors (Lipinski definition) is 2. The first-order valence-corrected chi connectivity index (χ1v) is 8.93. The van der Waals surface area contributed by atoms with E-state index in [2.05, 4.69) is 22.1 Å². The van der Waals surface area contributed by atoms with Gasteiger partial charge in [-0.3, -0.25) is 0 Å². The molecule has 0 radical (unpaired) electrons. The fourth-order valence-electron chi connectivity index (χ4n) is 3.91. The van der Waals surface area contributed by atoms with Crippen LogP contribution in [0.2, 0.25) is 0 Å². The van der Waals surface area contributed by atoms with Crippen LogP contribution in [-0.4, -0.2) is 30.5 Å². The van der Waals surface area contributed by atoms with Crippen molar-refractivity contribution >= 4 is 29.9 Å². The van der Waals surface area contributed by atoms with E-state index in [1.54, 1.807) is 12.1 Å². The average Bonchev–Trinajstić information content (AvgIpc) is 3.03. The van der Waals surface area contributed by atoms with Crippen molar-refractivity contribution < 1.29 is 4.39 Å². The first-order chi connectivity index (χ1) is 11.7. The summed E-state index contributed by atoms with van der Waals surface area (Å²) < 4.78 is 14.0. The van der Waals surface area contributed by atoms with E-state index < -0.39 is 0 Å². The Labute approximate surface area is 166 Å². The number of halogens is 2. The van der Waals surface area contributed by atoms with E-state index in [-0.39, 0.29) is 29.8 Å². The fraction of sp³-hybridized carbons (Fsp3) is 0.579. The third-order valence-corrected chi connectivity index (χ3v) is 5.19. The topological polar surface area (TPSA) is 51.4 Å². The van der Waals surface area contributed by atoms with Gasteiger partial charge >= 0.3 is 0 Å². The molecule has 2 aliphatic rings. The number of nitrogens with one attached hydrogen (secondary N) is 1. The van der Waals surface area contributed by atoms with Crippen LogP contribution in [0.4, 0.5) is 4.39 Å². The molecule has 1 aliphatic heterocycles. The summed E-state index contributed by atoms with van der Waals surface area (Å²) in [5.41, 5.74) is 0.872. The lowest BCUT2D eigenvalue weighted by atomic mass is 9.82. The predicted octanol–water partition coefficient (Wildman–Crippen LogP) is 3.90. The summed E-state index contributed by atoms with van der Waals surface area (Å²) in [6.07, 6.45) is 5.34. The molecule has 2 unspecified atom stereocenters. The highest BCUT2D eigenvalue weighted by Gasteiger charge is 2.35. The van der Waals surface area contributed by atoms with E-state index in [9.17, 15) is 4.39 Å². The number of rotatable bonds is 3. The smallest absolute Gasteiger partial charge is 0.194 e. The van der Waals surface area contributed by atoms with Gasteiger partial charge < -0.3 is 10.2 Å². The summed E-state index contributed by atoms with van der Waals surface area (Å²) in [5, 5.41) is 12.2. The lowest BCUT2D eigenvalue weighted by molar-refractivity contribution is 0.299. The Balaban J connectivity index is 0.00000225. The van der Waals surface area contributed by atoms with Crippen molar-refractivity contribution in [1.29, 1.82) is 5.26 Å². The van der Waals surface area contributed by atoms with Crippen LogP contribution < -0.4 is 5.32 Å². The molecule has 1 aliphatic carbocycles. The number of benzene rings is 1. The zero-order valence-corrected chi connectivity index (χ0v) is 17.0. The lowest BCUT2D eigenvalue weighted by Gasteiger charge is -2.22. The number of aliphatic imine (C=N–C) groups is 1. The summed E-state index contributed by atoms with van der Waals surface area (Å²) in [5.74, 6) is 2.10. The SMILES string of the molecule is CCNC(=NCc1ccc(C#N)cc1F)N1CC2CCCCC2C1.I. The number of guanidine groups is 1. The second-order valence-electron chi connectivity index (χ2n) is 6.80. The number of nitrogens with zero attached hydrogens (tertiary/aromatic N) is 3. The first-order valence-electron chi connectivity index (χ1n) is 8.93. The van der Waals surface area contributed by atoms with E-state index in [1.165, 1.54) is 31.7 Å². The van der Waals surface area contributed by atoms with Crippen LogP contribution in [0.3, 0.4) is 0 Å². The van der Waals surface area contributed by atoms with Crippen molar-refractivity contribution in [2.75, 3.05) is 19.6 Å². The van der Waals surface area contributed by atoms with Gasteiger partial charge in [-0.25, -0.2) is 9.38 Å². The number of fused-ring (bicyclic) bond motifs is 1. The van der Waals surface area contributed by atoms with Gasteiger partial charge in [0.25, 0.3) is 0 Å². The molecule has 4 nitrogen and oxygen atoms in total. The molecule has 2 fully saturated rings. The van der Waals surface area contributed by atoms with Crippen molar-refractivity contribution in [1.82, 2.24) is 10.2 Å². The van der Waals surface area contributed by atoms with Crippen molar-refractivity contribution in [2.24, 2.45) is 16.8 Å². The molecule has 136 valence electrons. The maximum atomic E-state index is 14.0. The molecule has 2 atom stereocenters. The van der Waals surface area contributed by atoms with E-state index >= 15 is 0 Å². The van der Waals surface area contributed by atoms with Crippen LogP contribution in [0.25, 0.3) is 0 Å². The van der Waals surface area contributed by atoms with Gasteiger partial charge in [0.2, 0.25) is 0 Å². The Morgan fingerprint density at radius 3 is 2.56 bits per heavy atom. The molecule has 1 saturated carbocycles. The van der Waals surface area contributed by atoms with E-state index in [0.717, 1.165) is 37.4 Å². The normalized spacial score (nSPS) is 22.8. The van der Waals surface area contributed by atoms with Gasteiger partial charge in [0.15, 0.2) is 5.96 Å². The van der Waals surface area contributed by atoms with Gasteiger partial charge in [-0.15, -0.1) is 24.0 Å². The van der Waals surface area contributed by atoms with Gasteiger partial charge in [-0.05, 0) is 43.7 Å². The van der Waals surface area contributed by atoms with Crippen molar-refractivity contribution in [2.45, 2.75) is 39.2 Å². The van der Waals surface area contributed by atoms with Crippen molar-refractivity contribution in [3.63, 3.8) is 0 Å². The summed E-state index contributed by atoms with van der Waals surface area (Å²) >= 11 is 0. The minimum atomic E-state index is -0.358. The van der Waals surface area contributed by atoms with Crippen LogP contribution in [0, 0.1) is 29.0 Å². The zero-order valence-electron chi connectivity index (χ0n) is 14.7. The molecular formula is C19H26FIN4. The Morgan fingerprint density at radius 1 is 1.32 bits per heavy atom. The third-order valence-electron chi connectivity index (χ3n) is 5.19. The van der Waals surface area contributed by atoms with Crippen molar-refractivity contribution in [3.8, 4) is 6.07 Å². The second-order valence-corrected chi connectivity index (χ2v) is 6.80. The number of hydrogen-bond donors (Lipinski definition) is 1. The van der Waals surface area contributed by atoms with E-state index in [0.29, 0.717) is 17.7 Å². The summed E-state index contributed by atoms with van der Waals surface area (Å²) in [6.45, 7) is 5.28. The van der Waals surface area contributed by atoms with E-state index in [1.807, 2.05) is 6.07 Å². The van der Waals surface area contributed by atoms with Crippen molar-refractivity contribution in [3.05, 3.63) is 35.1 Å². The molecule has 1 N–H and O–H groups in total. The standard InChI is InChI=1S/C19H25FN4.HI/c1-2-22-19(24-12-16-5-3-4-6-17(16)13-24)23-11-15-8-7-14(10-21)9-18(15)20;/h7-9,16-17H,2-6,11-13H2,1H3,(H,22,23);1H. The minimum Gasteiger partial charge on any atom is -0.357 e. The van der Waals surface area contributed by atoms with Crippen LogP contribution in [-0.2, 0) is 6.54 Å². The zero-order chi connectivity index (χ0) is 16.9. The maximum absolute atomic E-state index is 14.0. The van der Waals surface area contributed by atoms with Crippen LogP contribution in [0.5, 0.6) is 0 Å². The Bertz CT molecular complexity index is 641. The maximum Gasteiger partial charge on any atom is 0.194 e. The molecule has 3 rings (SSSR count). The van der Waals surface area contributed by atoms with Crippen LogP contribution in [0.15, 0.2) is 23.2 Å². The summed E-state index contributed by atoms with van der Waals surface area (Å²) in [7, 11) is 0. The summed E-state index contributed by atoms with van der Waals surface area (Å²) in [6, 6.07) is 6.54. The van der Waals surface area contributed by atoms with Gasteiger partial charge in [-0.1, -0.05) is 18.9 Å². The van der Waals surface area contributed by atoms with Gasteiger partial charge in [0.1, 0.15) is 5.82 Å². The summed E-state index contributed by atoms with van der Waals surface area (Å²) in [4.78, 5) is 6.99. The number of likely N-dealkylation sites (tertiary alicyclic amines) is 1. The molecule has 1 heterocycles. The molecule has 0 bridgehead atoms. The second kappa shape index (κ2) is 9.37. The molecule has 6 heteroatoms. The molecule has 0 amide bonds. The molecule has 1 aromatic carbocycles. The molecule has 25 heavy (non-hydrogen) atoms. The molecule has 0 spiro atoms. The third kappa shape index (κ3) is 4.84. The number of nitriles is 1. The largest absolute Gasteiger partial charge is 0.357 e. The fourth-order valence-corrected chi connectivity index (χ4v) is 3.91. The Hall–Kier alpha value is -1.36. The van der Waals surface area contributed by atoms with Gasteiger partial charge in [0.05, 0.1) is 18.2 Å². The Morgan fingerprint density at radius 2 is 2.00 bits per heavy atom. The van der Waals surface area contributed by atoms with Gasteiger partial charge in [0, 0.05) is 25.2 Å². The minimum absolute atomic E-state index is 0. The predicted molar refractivity (Wildman–Crippen MR) is 108 cm³/mol. The van der Waals surface area contributed by atoms with Crippen LogP contribution in [0.1, 0.15) is 43.7 Å². The van der Waals surface area contributed by atoms with Gasteiger partial charge in [-0.2, -0.15) is 5.26 Å². The monoisotopic (exact) mass is 456 g/mol. The first kappa shape index (κ1) is 20.0. The lowest BCUT2D eigenvalue weighted by Crippen LogP contribution is -2.40. The highest BCUT2D eigenvalue weighted by molar-refractivity contribution is 14.0. The highest BCUT2D eigenvalue weighted by Crippen LogP contribution is 2.36. The Kier molecular flexibility index (Phi) is 7.48.